The summed E-state index contributed by atoms with van der Waals surface area (Å²) >= 11 is 1.61. The molecule has 1 saturated carbocycles. The van der Waals surface area contributed by atoms with E-state index in [2.05, 4.69) is 4.90 Å². The van der Waals surface area contributed by atoms with Crippen molar-refractivity contribution in [2.24, 2.45) is 5.92 Å². The van der Waals surface area contributed by atoms with Crippen LogP contribution in [0.2, 0.25) is 0 Å². The second-order valence-corrected chi connectivity index (χ2v) is 7.98. The van der Waals surface area contributed by atoms with Crippen molar-refractivity contribution in [3.8, 4) is 11.5 Å². The van der Waals surface area contributed by atoms with Gasteiger partial charge in [-0.3, -0.25) is 4.79 Å². The summed E-state index contributed by atoms with van der Waals surface area (Å²) in [5.41, 5.74) is 0. The zero-order valence-corrected chi connectivity index (χ0v) is 14.9. The van der Waals surface area contributed by atoms with E-state index < -0.39 is 0 Å². The highest BCUT2D eigenvalue weighted by molar-refractivity contribution is 8.00. The summed E-state index contributed by atoms with van der Waals surface area (Å²) in [4.78, 5) is 16.0. The van der Waals surface area contributed by atoms with Crippen LogP contribution >= 0.6 is 11.8 Å². The molecule has 2 atom stereocenters. The van der Waals surface area contributed by atoms with Crippen LogP contribution in [0.25, 0.3) is 0 Å². The minimum absolute atomic E-state index is 0.298. The molecular weight excluding hydrogens is 322 g/mol. The third kappa shape index (κ3) is 3.37. The van der Waals surface area contributed by atoms with Crippen molar-refractivity contribution in [3.05, 3.63) is 18.2 Å². The Morgan fingerprint density at radius 1 is 1.08 bits per heavy atom. The van der Waals surface area contributed by atoms with Gasteiger partial charge >= 0.3 is 0 Å². The third-order valence-electron chi connectivity index (χ3n) is 5.44. The zero-order valence-electron chi connectivity index (χ0n) is 14.0. The molecule has 3 aliphatic rings. The molecule has 0 spiro atoms. The van der Waals surface area contributed by atoms with Crippen LogP contribution in [-0.2, 0) is 4.79 Å². The number of ether oxygens (including phenoxy) is 2. The van der Waals surface area contributed by atoms with E-state index in [4.69, 9.17) is 9.47 Å². The minimum atomic E-state index is 0.298. The number of hydrogen-bond acceptors (Lipinski definition) is 4. The fourth-order valence-corrected chi connectivity index (χ4v) is 5.09. The lowest BCUT2D eigenvalue weighted by molar-refractivity contribution is -0.134. The lowest BCUT2D eigenvalue weighted by Crippen LogP contribution is -2.50. The van der Waals surface area contributed by atoms with Crippen LogP contribution in [0.3, 0.4) is 0 Å². The fraction of sp³-hybridized carbons (Fsp3) is 0.632. The number of amides is 1. The van der Waals surface area contributed by atoms with E-state index in [1.807, 2.05) is 18.2 Å². The summed E-state index contributed by atoms with van der Waals surface area (Å²) in [6.07, 6.45) is 7.61. The normalized spacial score (nSPS) is 25.9. The third-order valence-corrected chi connectivity index (χ3v) is 6.42. The summed E-state index contributed by atoms with van der Waals surface area (Å²) in [6, 6.07) is 6.46. The highest BCUT2D eigenvalue weighted by atomic mass is 32.2. The lowest BCUT2D eigenvalue weighted by Gasteiger charge is -2.44. The van der Waals surface area contributed by atoms with Crippen LogP contribution in [0.5, 0.6) is 11.5 Å². The first kappa shape index (κ1) is 16.1. The maximum Gasteiger partial charge on any atom is 0.233 e. The number of carbonyl (C=O) groups is 1. The molecule has 0 bridgehead atoms. The second kappa shape index (κ2) is 7.26. The van der Waals surface area contributed by atoms with Crippen molar-refractivity contribution in [1.82, 2.24) is 4.90 Å². The lowest BCUT2D eigenvalue weighted by atomic mass is 9.78. The maximum atomic E-state index is 12.8. The molecule has 1 aliphatic carbocycles. The quantitative estimate of drug-likeness (QED) is 0.781. The maximum absolute atomic E-state index is 12.8. The predicted molar refractivity (Wildman–Crippen MR) is 94.8 cm³/mol. The topological polar surface area (TPSA) is 38.8 Å². The van der Waals surface area contributed by atoms with E-state index in [0.717, 1.165) is 28.9 Å². The van der Waals surface area contributed by atoms with Crippen molar-refractivity contribution in [1.29, 1.82) is 0 Å². The Bertz CT molecular complexity index is 604. The molecule has 4 nitrogen and oxygen atoms in total. The van der Waals surface area contributed by atoms with Gasteiger partial charge in [0.05, 0.1) is 5.75 Å². The predicted octanol–water partition coefficient (Wildman–Crippen LogP) is 3.73. The van der Waals surface area contributed by atoms with Gasteiger partial charge in [-0.15, -0.1) is 11.8 Å². The van der Waals surface area contributed by atoms with Gasteiger partial charge in [0.1, 0.15) is 13.2 Å². The van der Waals surface area contributed by atoms with Crippen molar-refractivity contribution in [2.45, 2.75) is 49.5 Å². The number of piperidine rings is 1. The van der Waals surface area contributed by atoms with Gasteiger partial charge in [0.25, 0.3) is 0 Å². The van der Waals surface area contributed by atoms with E-state index >= 15 is 0 Å². The average Bonchev–Trinajstić information content (AvgIpc) is 2.65. The highest BCUT2D eigenvalue weighted by Gasteiger charge is 2.35. The van der Waals surface area contributed by atoms with Crippen molar-refractivity contribution >= 4 is 17.7 Å². The van der Waals surface area contributed by atoms with Gasteiger partial charge < -0.3 is 14.4 Å². The van der Waals surface area contributed by atoms with Gasteiger partial charge in [0, 0.05) is 17.5 Å². The van der Waals surface area contributed by atoms with Crippen LogP contribution in [-0.4, -0.2) is 42.4 Å². The minimum Gasteiger partial charge on any atom is -0.486 e. The number of rotatable bonds is 3. The molecule has 2 aliphatic heterocycles. The van der Waals surface area contributed by atoms with Crippen LogP contribution in [0.15, 0.2) is 23.1 Å². The number of hydrogen-bond donors (Lipinski definition) is 0. The molecule has 0 radical (unpaired) electrons. The molecular formula is C19H25NO3S. The van der Waals surface area contributed by atoms with Crippen molar-refractivity contribution in [2.75, 3.05) is 25.5 Å². The number of likely N-dealkylation sites (tertiary alicyclic amines) is 1. The first-order valence-electron chi connectivity index (χ1n) is 9.13. The molecule has 2 heterocycles. The molecule has 5 heteroatoms. The van der Waals surface area contributed by atoms with Crippen LogP contribution in [0.4, 0.5) is 0 Å². The van der Waals surface area contributed by atoms with Gasteiger partial charge in [-0.1, -0.05) is 12.8 Å². The Balaban J connectivity index is 1.37. The smallest absolute Gasteiger partial charge is 0.233 e. The Morgan fingerprint density at radius 3 is 2.79 bits per heavy atom. The van der Waals surface area contributed by atoms with Crippen LogP contribution < -0.4 is 9.47 Å². The van der Waals surface area contributed by atoms with Crippen molar-refractivity contribution < 1.29 is 14.3 Å². The molecule has 130 valence electrons. The van der Waals surface area contributed by atoms with Gasteiger partial charge in [0.15, 0.2) is 11.5 Å². The molecule has 0 aromatic heterocycles. The standard InChI is InChI=1S/C19H25NO3S/c21-19(20-9-3-5-14-4-1-2-6-16(14)20)13-24-15-7-8-17-18(12-15)23-11-10-22-17/h7-8,12,14,16H,1-6,9-11,13H2/t14-,16+/m0/s1. The van der Waals surface area contributed by atoms with Gasteiger partial charge in [0.2, 0.25) is 5.91 Å². The molecule has 1 aromatic rings. The van der Waals surface area contributed by atoms with E-state index in [1.54, 1.807) is 11.8 Å². The van der Waals surface area contributed by atoms with Gasteiger partial charge in [-0.2, -0.15) is 0 Å². The molecule has 1 amide bonds. The Morgan fingerprint density at radius 2 is 1.88 bits per heavy atom. The average molecular weight is 347 g/mol. The van der Waals surface area contributed by atoms with Gasteiger partial charge in [-0.05, 0) is 49.8 Å². The summed E-state index contributed by atoms with van der Waals surface area (Å²) in [7, 11) is 0. The van der Waals surface area contributed by atoms with Gasteiger partial charge in [-0.25, -0.2) is 0 Å². The number of nitrogens with zero attached hydrogens (tertiary/aromatic N) is 1. The van der Waals surface area contributed by atoms with Crippen LogP contribution in [0.1, 0.15) is 38.5 Å². The first-order valence-corrected chi connectivity index (χ1v) is 10.1. The fourth-order valence-electron chi connectivity index (χ4n) is 4.28. The highest BCUT2D eigenvalue weighted by Crippen LogP contribution is 2.37. The molecule has 0 unspecified atom stereocenters. The van der Waals surface area contributed by atoms with E-state index in [1.165, 1.54) is 38.5 Å². The van der Waals surface area contributed by atoms with E-state index in [0.29, 0.717) is 30.9 Å². The number of benzene rings is 1. The molecule has 0 N–H and O–H groups in total. The van der Waals surface area contributed by atoms with Crippen LogP contribution in [0, 0.1) is 5.92 Å². The Hall–Kier alpha value is -1.36. The monoisotopic (exact) mass is 347 g/mol. The zero-order chi connectivity index (χ0) is 16.4. The summed E-state index contributed by atoms with van der Waals surface area (Å²) in [5.74, 6) is 3.16. The molecule has 2 fully saturated rings. The Kier molecular flexibility index (Phi) is 4.88. The summed E-state index contributed by atoms with van der Waals surface area (Å²) < 4.78 is 11.2. The SMILES string of the molecule is O=C(CSc1ccc2c(c1)OCCO2)N1CCC[C@@H]2CCCC[C@H]21. The summed E-state index contributed by atoms with van der Waals surface area (Å²) in [5, 5.41) is 0. The second-order valence-electron chi connectivity index (χ2n) is 6.94. The van der Waals surface area contributed by atoms with Crippen molar-refractivity contribution in [3.63, 3.8) is 0 Å². The molecule has 1 saturated heterocycles. The number of fused-ring (bicyclic) bond motifs is 2. The first-order chi connectivity index (χ1) is 11.8. The van der Waals surface area contributed by atoms with E-state index in [-0.39, 0.29) is 0 Å². The number of carbonyl (C=O) groups excluding carboxylic acids is 1. The molecule has 1 aromatic carbocycles. The molecule has 4 rings (SSSR count). The molecule has 24 heavy (non-hydrogen) atoms. The van der Waals surface area contributed by atoms with E-state index in [9.17, 15) is 4.79 Å². The number of thioether (sulfide) groups is 1. The Labute approximate surface area is 147 Å². The summed E-state index contributed by atoms with van der Waals surface area (Å²) in [6.45, 7) is 2.15. The largest absolute Gasteiger partial charge is 0.486 e.